The standard InChI is InChI=1S/C63H54BN2OS/c1-60(2,3)34-18-20-35(21-19-34)65-51-27-44-43-26-48-49(62(6,7)25-24-61(48,4)5)33-55(43)67-54(44)30-41(51)38-22-23-39-42-31-57-45(37-15-11-13-17-56(37)68-57)29-52(42)66-53-28-40-36-14-10-12-16-46(36)63(8,9)47(40)32-50(53)64-58(38)59(39)66/h10-23,26-33,65H,24-25H2,1-9H3. The van der Waals surface area contributed by atoms with E-state index >= 15 is 0 Å². The molecule has 11 aromatic rings. The first-order valence-electron chi connectivity index (χ1n) is 24.5. The molecule has 3 aliphatic rings. The summed E-state index contributed by atoms with van der Waals surface area (Å²) < 4.78 is 12.3. The maximum absolute atomic E-state index is 7.04. The number of rotatable bonds is 3. The Morgan fingerprint density at radius 2 is 1.28 bits per heavy atom. The molecule has 331 valence electrons. The Kier molecular flexibility index (Phi) is 7.96. The van der Waals surface area contributed by atoms with Crippen LogP contribution in [0.3, 0.4) is 0 Å². The Morgan fingerprint density at radius 1 is 0.559 bits per heavy atom. The van der Waals surface area contributed by atoms with Crippen LogP contribution < -0.4 is 16.2 Å². The summed E-state index contributed by atoms with van der Waals surface area (Å²) in [6.07, 6.45) is 2.33. The van der Waals surface area contributed by atoms with Gasteiger partial charge in [-0.25, -0.2) is 0 Å². The fourth-order valence-corrected chi connectivity index (χ4v) is 13.7. The van der Waals surface area contributed by atoms with Crippen LogP contribution in [0.15, 0.2) is 138 Å². The van der Waals surface area contributed by atoms with Crippen molar-refractivity contribution in [1.29, 1.82) is 0 Å². The van der Waals surface area contributed by atoms with Gasteiger partial charge in [0.1, 0.15) is 11.2 Å². The van der Waals surface area contributed by atoms with Crippen molar-refractivity contribution in [3.8, 4) is 27.9 Å². The first kappa shape index (κ1) is 40.5. The van der Waals surface area contributed by atoms with E-state index in [4.69, 9.17) is 4.42 Å². The van der Waals surface area contributed by atoms with Gasteiger partial charge in [-0.15, -0.1) is 11.3 Å². The van der Waals surface area contributed by atoms with Crippen LogP contribution in [0.1, 0.15) is 103 Å². The molecule has 8 aromatic carbocycles. The SMILES string of the molecule is CC(C)(C)c1ccc(Nc2cc3c(cc2-c2ccc4c5cc6sc7ccccc7c6cc5n5c4c2[B]c2cc4c(cc2-5)-c2ccccc2C4(C)C)oc2cc4c(cc23)C(C)(C)CCC4(C)C)cc1. The molecule has 0 unspecified atom stereocenters. The maximum Gasteiger partial charge on any atom is 0.197 e. The van der Waals surface area contributed by atoms with Crippen LogP contribution in [0.5, 0.6) is 0 Å². The van der Waals surface area contributed by atoms with E-state index in [-0.39, 0.29) is 21.7 Å². The zero-order valence-corrected chi connectivity index (χ0v) is 41.3. The molecule has 1 radical (unpaired) electrons. The van der Waals surface area contributed by atoms with Gasteiger partial charge in [0.25, 0.3) is 0 Å². The Morgan fingerprint density at radius 3 is 2.07 bits per heavy atom. The van der Waals surface area contributed by atoms with Crippen LogP contribution in [0, 0.1) is 0 Å². The molecule has 0 atom stereocenters. The summed E-state index contributed by atoms with van der Waals surface area (Å²) in [6, 6.07) is 51.2. The lowest BCUT2D eigenvalue weighted by molar-refractivity contribution is 0.332. The third-order valence-corrected chi connectivity index (χ3v) is 17.8. The summed E-state index contributed by atoms with van der Waals surface area (Å²) in [7, 11) is 2.49. The second-order valence-corrected chi connectivity index (χ2v) is 24.2. The highest BCUT2D eigenvalue weighted by molar-refractivity contribution is 7.25. The molecule has 2 aliphatic carbocycles. The first-order valence-corrected chi connectivity index (χ1v) is 25.3. The maximum atomic E-state index is 7.04. The van der Waals surface area contributed by atoms with Crippen LogP contribution in [0.2, 0.25) is 0 Å². The lowest BCUT2D eigenvalue weighted by atomic mass is 9.58. The van der Waals surface area contributed by atoms with Crippen molar-refractivity contribution < 1.29 is 4.42 Å². The molecule has 1 aliphatic heterocycles. The monoisotopic (exact) mass is 897 g/mol. The number of fused-ring (bicyclic) bond motifs is 15. The van der Waals surface area contributed by atoms with E-state index in [2.05, 4.69) is 213 Å². The average molecular weight is 898 g/mol. The van der Waals surface area contributed by atoms with E-state index in [0.29, 0.717) is 0 Å². The molecular weight excluding hydrogens is 844 g/mol. The summed E-state index contributed by atoms with van der Waals surface area (Å²) in [6.45, 7) is 21.2. The van der Waals surface area contributed by atoms with Crippen molar-refractivity contribution in [2.24, 2.45) is 0 Å². The van der Waals surface area contributed by atoms with Gasteiger partial charge in [-0.05, 0) is 140 Å². The number of benzene rings is 8. The largest absolute Gasteiger partial charge is 0.456 e. The molecule has 1 N–H and O–H groups in total. The van der Waals surface area contributed by atoms with Crippen LogP contribution in [0.25, 0.3) is 91.9 Å². The molecule has 0 saturated heterocycles. The molecular formula is C63H54BN2OS. The van der Waals surface area contributed by atoms with Crippen molar-refractivity contribution in [1.82, 2.24) is 4.57 Å². The van der Waals surface area contributed by atoms with E-state index in [0.717, 1.165) is 39.9 Å². The van der Waals surface area contributed by atoms with Gasteiger partial charge in [0.05, 0.1) is 5.52 Å². The minimum absolute atomic E-state index is 0.0583. The second-order valence-electron chi connectivity index (χ2n) is 23.1. The molecule has 3 aromatic heterocycles. The van der Waals surface area contributed by atoms with Gasteiger partial charge in [-0.2, -0.15) is 0 Å². The van der Waals surface area contributed by atoms with Gasteiger partial charge in [-0.3, -0.25) is 0 Å². The number of thiophene rings is 1. The predicted molar refractivity (Wildman–Crippen MR) is 293 cm³/mol. The van der Waals surface area contributed by atoms with Gasteiger partial charge < -0.3 is 14.3 Å². The first-order chi connectivity index (χ1) is 32.5. The summed E-state index contributed by atoms with van der Waals surface area (Å²) >= 11 is 1.90. The van der Waals surface area contributed by atoms with Crippen molar-refractivity contribution in [3.05, 3.63) is 161 Å². The van der Waals surface area contributed by atoms with Gasteiger partial charge >= 0.3 is 0 Å². The molecule has 0 spiro atoms. The normalized spacial score (nSPS) is 16.4. The molecule has 0 bridgehead atoms. The predicted octanol–water partition coefficient (Wildman–Crippen LogP) is 16.4. The number of furan rings is 1. The van der Waals surface area contributed by atoms with Gasteiger partial charge in [-0.1, -0.05) is 141 Å². The topological polar surface area (TPSA) is 30.1 Å². The van der Waals surface area contributed by atoms with Crippen molar-refractivity contribution in [3.63, 3.8) is 0 Å². The molecule has 68 heavy (non-hydrogen) atoms. The van der Waals surface area contributed by atoms with Gasteiger partial charge in [0.15, 0.2) is 7.28 Å². The van der Waals surface area contributed by atoms with Crippen LogP contribution in [-0.2, 0) is 21.7 Å². The minimum atomic E-state index is -0.125. The number of nitrogens with one attached hydrogen (secondary N) is 1. The Balaban J connectivity index is 1.05. The number of nitrogens with zero attached hydrogens (tertiary/aromatic N) is 1. The number of hydrogen-bond donors (Lipinski definition) is 1. The smallest absolute Gasteiger partial charge is 0.197 e. The van der Waals surface area contributed by atoms with Crippen LogP contribution in [0.4, 0.5) is 11.4 Å². The summed E-state index contributed by atoms with van der Waals surface area (Å²) in [5.74, 6) is 0. The molecule has 0 fully saturated rings. The summed E-state index contributed by atoms with van der Waals surface area (Å²) in [5.41, 5.74) is 22.2. The highest BCUT2D eigenvalue weighted by Crippen LogP contribution is 2.52. The zero-order valence-electron chi connectivity index (χ0n) is 40.5. The molecule has 0 amide bonds. The minimum Gasteiger partial charge on any atom is -0.456 e. The third kappa shape index (κ3) is 5.54. The summed E-state index contributed by atoms with van der Waals surface area (Å²) in [5, 5.41) is 11.5. The van der Waals surface area contributed by atoms with Gasteiger partial charge in [0.2, 0.25) is 0 Å². The molecule has 5 heteroatoms. The number of aromatic nitrogens is 1. The molecule has 4 heterocycles. The van der Waals surface area contributed by atoms with Crippen molar-refractivity contribution in [2.45, 2.75) is 96.8 Å². The molecule has 0 saturated carbocycles. The number of hydrogen-bond acceptors (Lipinski definition) is 3. The zero-order chi connectivity index (χ0) is 46.4. The Hall–Kier alpha value is -6.56. The lowest BCUT2D eigenvalue weighted by Crippen LogP contribution is -2.38. The average Bonchev–Trinajstić information content (AvgIpc) is 4.02. The van der Waals surface area contributed by atoms with E-state index in [1.54, 1.807) is 0 Å². The lowest BCUT2D eigenvalue weighted by Gasteiger charge is -2.41. The highest BCUT2D eigenvalue weighted by Gasteiger charge is 2.40. The van der Waals surface area contributed by atoms with E-state index in [1.165, 1.54) is 115 Å². The molecule has 14 rings (SSSR count). The van der Waals surface area contributed by atoms with E-state index < -0.39 is 0 Å². The third-order valence-electron chi connectivity index (χ3n) is 16.6. The van der Waals surface area contributed by atoms with Gasteiger partial charge in [0, 0.05) is 75.3 Å². The summed E-state index contributed by atoms with van der Waals surface area (Å²) in [4.78, 5) is 0. The fraction of sp³-hybridized carbons (Fsp3) is 0.238. The van der Waals surface area contributed by atoms with Crippen molar-refractivity contribution in [2.75, 3.05) is 5.32 Å². The van der Waals surface area contributed by atoms with E-state index in [9.17, 15) is 0 Å². The molecule has 3 nitrogen and oxygen atoms in total. The number of anilines is 2. The van der Waals surface area contributed by atoms with E-state index in [1.807, 2.05) is 11.3 Å². The highest BCUT2D eigenvalue weighted by atomic mass is 32.1. The van der Waals surface area contributed by atoms with Crippen LogP contribution in [-0.4, -0.2) is 11.8 Å². The van der Waals surface area contributed by atoms with Crippen molar-refractivity contribution >= 4 is 105 Å². The Bertz CT molecular complexity index is 4030. The quantitative estimate of drug-likeness (QED) is 0.179. The Labute approximate surface area is 403 Å². The second kappa shape index (κ2) is 13.4. The fourth-order valence-electron chi connectivity index (χ4n) is 12.6. The van der Waals surface area contributed by atoms with Crippen LogP contribution >= 0.6 is 11.3 Å².